The van der Waals surface area contributed by atoms with E-state index in [1.807, 2.05) is 0 Å². The Hall–Kier alpha value is -2.63. The first-order valence-corrected chi connectivity index (χ1v) is 6.26. The van der Waals surface area contributed by atoms with Gasteiger partial charge in [0.15, 0.2) is 23.1 Å². The Bertz CT molecular complexity index is 703. The summed E-state index contributed by atoms with van der Waals surface area (Å²) in [7, 11) is 0. The standard InChI is InChI=1S/C15H11F2NO3/c16-11-3-1-2-10(14(11)17)15(19)18-7-9-4-5-12-13(6-9)21-8-20-12/h1-6H,7-8H2,(H,18,19). The van der Waals surface area contributed by atoms with Crippen molar-refractivity contribution in [3.63, 3.8) is 0 Å². The Balaban J connectivity index is 1.70. The number of hydrogen-bond donors (Lipinski definition) is 1. The van der Waals surface area contributed by atoms with Gasteiger partial charge in [0.2, 0.25) is 6.79 Å². The SMILES string of the molecule is O=C(NCc1ccc2c(c1)OCO2)c1cccc(F)c1F. The van der Waals surface area contributed by atoms with Gasteiger partial charge in [-0.05, 0) is 29.8 Å². The molecule has 1 aliphatic rings. The second-order valence-electron chi connectivity index (χ2n) is 4.47. The molecule has 4 nitrogen and oxygen atoms in total. The number of ether oxygens (including phenoxy) is 2. The molecule has 0 saturated carbocycles. The van der Waals surface area contributed by atoms with Gasteiger partial charge >= 0.3 is 0 Å². The second-order valence-corrected chi connectivity index (χ2v) is 4.47. The van der Waals surface area contributed by atoms with Crippen LogP contribution in [0.1, 0.15) is 15.9 Å². The maximum absolute atomic E-state index is 13.5. The smallest absolute Gasteiger partial charge is 0.254 e. The Kier molecular flexibility index (Phi) is 3.43. The van der Waals surface area contributed by atoms with Crippen LogP contribution in [0.3, 0.4) is 0 Å². The minimum absolute atomic E-state index is 0.166. The second kappa shape index (κ2) is 5.40. The van der Waals surface area contributed by atoms with E-state index in [0.717, 1.165) is 11.6 Å². The first-order chi connectivity index (χ1) is 10.1. The fourth-order valence-corrected chi connectivity index (χ4v) is 2.01. The van der Waals surface area contributed by atoms with E-state index >= 15 is 0 Å². The third-order valence-corrected chi connectivity index (χ3v) is 3.09. The van der Waals surface area contributed by atoms with E-state index in [2.05, 4.69) is 5.32 Å². The monoisotopic (exact) mass is 291 g/mol. The van der Waals surface area contributed by atoms with E-state index in [9.17, 15) is 13.6 Å². The molecule has 108 valence electrons. The van der Waals surface area contributed by atoms with Gasteiger partial charge in [-0.2, -0.15) is 0 Å². The molecule has 2 aromatic carbocycles. The number of rotatable bonds is 3. The van der Waals surface area contributed by atoms with Crippen LogP contribution in [0.15, 0.2) is 36.4 Å². The van der Waals surface area contributed by atoms with Crippen LogP contribution in [0.4, 0.5) is 8.78 Å². The molecular formula is C15H11F2NO3. The van der Waals surface area contributed by atoms with E-state index in [-0.39, 0.29) is 18.9 Å². The maximum atomic E-state index is 13.5. The zero-order valence-electron chi connectivity index (χ0n) is 10.9. The Morgan fingerprint density at radius 3 is 2.81 bits per heavy atom. The van der Waals surface area contributed by atoms with Gasteiger partial charge in [-0.15, -0.1) is 0 Å². The average molecular weight is 291 g/mol. The minimum Gasteiger partial charge on any atom is -0.454 e. The Labute approximate surface area is 119 Å². The summed E-state index contributed by atoms with van der Waals surface area (Å²) in [6.07, 6.45) is 0. The molecule has 0 saturated heterocycles. The van der Waals surface area contributed by atoms with Gasteiger partial charge in [0.1, 0.15) is 0 Å². The van der Waals surface area contributed by atoms with Gasteiger partial charge in [0.25, 0.3) is 5.91 Å². The van der Waals surface area contributed by atoms with Crippen molar-refractivity contribution in [2.75, 3.05) is 6.79 Å². The van der Waals surface area contributed by atoms with Crippen molar-refractivity contribution in [3.8, 4) is 11.5 Å². The molecule has 1 N–H and O–H groups in total. The summed E-state index contributed by atoms with van der Waals surface area (Å²) >= 11 is 0. The molecule has 0 aliphatic carbocycles. The third kappa shape index (κ3) is 2.65. The predicted molar refractivity (Wildman–Crippen MR) is 70.1 cm³/mol. The zero-order valence-corrected chi connectivity index (χ0v) is 10.9. The van der Waals surface area contributed by atoms with Crippen LogP contribution >= 0.6 is 0 Å². The van der Waals surface area contributed by atoms with Gasteiger partial charge in [0, 0.05) is 6.54 Å². The van der Waals surface area contributed by atoms with Crippen molar-refractivity contribution < 1.29 is 23.0 Å². The van der Waals surface area contributed by atoms with E-state index in [0.29, 0.717) is 11.5 Å². The largest absolute Gasteiger partial charge is 0.454 e. The van der Waals surface area contributed by atoms with Crippen LogP contribution in [-0.2, 0) is 6.54 Å². The molecule has 3 rings (SSSR count). The lowest BCUT2D eigenvalue weighted by Gasteiger charge is -2.07. The number of amides is 1. The van der Waals surface area contributed by atoms with Gasteiger partial charge < -0.3 is 14.8 Å². The molecule has 1 amide bonds. The highest BCUT2D eigenvalue weighted by molar-refractivity contribution is 5.94. The first kappa shape index (κ1) is 13.4. The summed E-state index contributed by atoms with van der Waals surface area (Å²) in [5, 5.41) is 2.53. The van der Waals surface area contributed by atoms with Crippen LogP contribution in [0.2, 0.25) is 0 Å². The molecule has 0 bridgehead atoms. The van der Waals surface area contributed by atoms with Gasteiger partial charge in [0.05, 0.1) is 5.56 Å². The summed E-state index contributed by atoms with van der Waals surface area (Å²) in [6, 6.07) is 8.69. The number of nitrogens with one attached hydrogen (secondary N) is 1. The van der Waals surface area contributed by atoms with Crippen LogP contribution < -0.4 is 14.8 Å². The van der Waals surface area contributed by atoms with E-state index < -0.39 is 17.5 Å². The molecule has 21 heavy (non-hydrogen) atoms. The van der Waals surface area contributed by atoms with Crippen molar-refractivity contribution in [1.82, 2.24) is 5.32 Å². The molecule has 0 spiro atoms. The van der Waals surface area contributed by atoms with Crippen molar-refractivity contribution in [3.05, 3.63) is 59.2 Å². The van der Waals surface area contributed by atoms with E-state index in [1.165, 1.54) is 12.1 Å². The number of benzene rings is 2. The average Bonchev–Trinajstić information content (AvgIpc) is 2.95. The topological polar surface area (TPSA) is 47.6 Å². The van der Waals surface area contributed by atoms with Crippen molar-refractivity contribution >= 4 is 5.91 Å². The number of hydrogen-bond acceptors (Lipinski definition) is 3. The molecular weight excluding hydrogens is 280 g/mol. The van der Waals surface area contributed by atoms with E-state index in [1.54, 1.807) is 18.2 Å². The van der Waals surface area contributed by atoms with Crippen LogP contribution in [-0.4, -0.2) is 12.7 Å². The predicted octanol–water partition coefficient (Wildman–Crippen LogP) is 2.62. The van der Waals surface area contributed by atoms with Crippen molar-refractivity contribution in [2.24, 2.45) is 0 Å². The normalized spacial score (nSPS) is 12.3. The molecule has 0 aromatic heterocycles. The number of carbonyl (C=O) groups excluding carboxylic acids is 1. The molecule has 1 heterocycles. The Morgan fingerprint density at radius 1 is 1.14 bits per heavy atom. The lowest BCUT2D eigenvalue weighted by Crippen LogP contribution is -2.24. The summed E-state index contributed by atoms with van der Waals surface area (Å²) in [5.41, 5.74) is 0.445. The van der Waals surface area contributed by atoms with Crippen molar-refractivity contribution in [1.29, 1.82) is 0 Å². The third-order valence-electron chi connectivity index (χ3n) is 3.09. The molecule has 2 aromatic rings. The quantitative estimate of drug-likeness (QED) is 0.945. The first-order valence-electron chi connectivity index (χ1n) is 6.26. The molecule has 0 fully saturated rings. The van der Waals surface area contributed by atoms with Gasteiger partial charge in [-0.25, -0.2) is 8.78 Å². The fourth-order valence-electron chi connectivity index (χ4n) is 2.01. The summed E-state index contributed by atoms with van der Waals surface area (Å²) < 4.78 is 37.0. The lowest BCUT2D eigenvalue weighted by atomic mass is 10.1. The summed E-state index contributed by atoms with van der Waals surface area (Å²) in [5.74, 6) is -1.64. The molecule has 6 heteroatoms. The van der Waals surface area contributed by atoms with Gasteiger partial charge in [-0.3, -0.25) is 4.79 Å². The molecule has 1 aliphatic heterocycles. The lowest BCUT2D eigenvalue weighted by molar-refractivity contribution is 0.0945. The fraction of sp³-hybridized carbons (Fsp3) is 0.133. The molecule has 0 unspecified atom stereocenters. The number of carbonyl (C=O) groups is 1. The Morgan fingerprint density at radius 2 is 1.95 bits per heavy atom. The van der Waals surface area contributed by atoms with Crippen LogP contribution in [0.5, 0.6) is 11.5 Å². The summed E-state index contributed by atoms with van der Waals surface area (Å²) in [4.78, 5) is 11.9. The minimum atomic E-state index is -1.15. The number of fused-ring (bicyclic) bond motifs is 1. The van der Waals surface area contributed by atoms with Crippen molar-refractivity contribution in [2.45, 2.75) is 6.54 Å². The molecule has 0 atom stereocenters. The van der Waals surface area contributed by atoms with E-state index in [4.69, 9.17) is 9.47 Å². The maximum Gasteiger partial charge on any atom is 0.254 e. The molecule has 0 radical (unpaired) electrons. The highest BCUT2D eigenvalue weighted by Crippen LogP contribution is 2.32. The van der Waals surface area contributed by atoms with Crippen LogP contribution in [0.25, 0.3) is 0 Å². The van der Waals surface area contributed by atoms with Crippen LogP contribution in [0, 0.1) is 11.6 Å². The highest BCUT2D eigenvalue weighted by atomic mass is 19.2. The summed E-state index contributed by atoms with van der Waals surface area (Å²) in [6.45, 7) is 0.338. The number of halogens is 2. The zero-order chi connectivity index (χ0) is 14.8. The highest BCUT2D eigenvalue weighted by Gasteiger charge is 2.16. The van der Waals surface area contributed by atoms with Gasteiger partial charge in [-0.1, -0.05) is 12.1 Å².